The van der Waals surface area contributed by atoms with Gasteiger partial charge in [-0.2, -0.15) is 0 Å². The van der Waals surface area contributed by atoms with Crippen LogP contribution in [0.1, 0.15) is 34.5 Å². The number of carbonyl (C=O) groups excluding carboxylic acids is 2. The van der Waals surface area contributed by atoms with E-state index in [2.05, 4.69) is 5.32 Å². The molecule has 3 aromatic rings. The normalized spacial score (nSPS) is 14.2. The average molecular weight is 437 g/mol. The van der Waals surface area contributed by atoms with Gasteiger partial charge in [0.1, 0.15) is 0 Å². The summed E-state index contributed by atoms with van der Waals surface area (Å²) in [5.74, 6) is 0.229. The molecule has 0 spiro atoms. The monoisotopic (exact) mass is 436 g/mol. The Hall–Kier alpha value is -2.76. The lowest BCUT2D eigenvalue weighted by Crippen LogP contribution is -2.35. The van der Waals surface area contributed by atoms with Crippen molar-refractivity contribution in [2.24, 2.45) is 0 Å². The quantitative estimate of drug-likeness (QED) is 0.577. The molecule has 1 atom stereocenters. The van der Waals surface area contributed by atoms with Gasteiger partial charge in [0.05, 0.1) is 24.0 Å². The van der Waals surface area contributed by atoms with Gasteiger partial charge in [-0.15, -0.1) is 11.8 Å². The molecule has 2 amide bonds. The van der Waals surface area contributed by atoms with E-state index in [1.54, 1.807) is 11.0 Å². The Morgan fingerprint density at radius 1 is 1.10 bits per heavy atom. The van der Waals surface area contributed by atoms with E-state index >= 15 is 0 Å². The van der Waals surface area contributed by atoms with Gasteiger partial charge in [-0.05, 0) is 48.4 Å². The lowest BCUT2D eigenvalue weighted by Gasteiger charge is -2.29. The number of fused-ring (bicyclic) bond motifs is 1. The molecule has 0 radical (unpaired) electrons. The Kier molecular flexibility index (Phi) is 6.11. The molecule has 30 heavy (non-hydrogen) atoms. The number of thioether (sulfide) groups is 1. The maximum Gasteiger partial charge on any atom is 0.251 e. The molecule has 4 rings (SSSR count). The molecular weight excluding hydrogens is 416 g/mol. The minimum atomic E-state index is -0.167. The fraction of sp³-hybridized carbons (Fsp3) is 0.167. The highest BCUT2D eigenvalue weighted by molar-refractivity contribution is 8.00. The second-order valence-corrected chi connectivity index (χ2v) is 8.64. The Balaban J connectivity index is 1.58. The van der Waals surface area contributed by atoms with Crippen molar-refractivity contribution in [3.05, 3.63) is 94.5 Å². The molecular formula is C24H21ClN2O2S. The fourth-order valence-electron chi connectivity index (χ4n) is 3.44. The molecule has 6 heteroatoms. The van der Waals surface area contributed by atoms with Crippen molar-refractivity contribution in [1.29, 1.82) is 0 Å². The van der Waals surface area contributed by atoms with Crippen molar-refractivity contribution >= 4 is 40.9 Å². The summed E-state index contributed by atoms with van der Waals surface area (Å²) < 4.78 is 0. The first-order chi connectivity index (χ1) is 14.5. The van der Waals surface area contributed by atoms with Gasteiger partial charge < -0.3 is 10.2 Å². The first-order valence-corrected chi connectivity index (χ1v) is 11.0. The Morgan fingerprint density at radius 3 is 2.67 bits per heavy atom. The third kappa shape index (κ3) is 4.53. The predicted octanol–water partition coefficient (Wildman–Crippen LogP) is 5.47. The van der Waals surface area contributed by atoms with Crippen LogP contribution in [0.25, 0.3) is 0 Å². The lowest BCUT2D eigenvalue weighted by molar-refractivity contribution is -0.116. The van der Waals surface area contributed by atoms with Crippen LogP contribution < -0.4 is 10.2 Å². The summed E-state index contributed by atoms with van der Waals surface area (Å²) in [6, 6.07) is 22.7. The number of rotatable bonds is 5. The summed E-state index contributed by atoms with van der Waals surface area (Å²) in [6.07, 6.45) is 0. The van der Waals surface area contributed by atoms with Gasteiger partial charge in [-0.25, -0.2) is 0 Å². The molecule has 4 nitrogen and oxygen atoms in total. The zero-order valence-electron chi connectivity index (χ0n) is 16.5. The van der Waals surface area contributed by atoms with Gasteiger partial charge in [0.2, 0.25) is 5.91 Å². The summed E-state index contributed by atoms with van der Waals surface area (Å²) in [5.41, 5.74) is 3.28. The minimum absolute atomic E-state index is 0.0164. The van der Waals surface area contributed by atoms with E-state index in [1.165, 1.54) is 11.8 Å². The van der Waals surface area contributed by atoms with E-state index in [9.17, 15) is 9.59 Å². The number of hydrogen-bond acceptors (Lipinski definition) is 3. The van der Waals surface area contributed by atoms with E-state index < -0.39 is 0 Å². The van der Waals surface area contributed by atoms with Crippen LogP contribution in [-0.2, 0) is 11.3 Å². The molecule has 0 bridgehead atoms. The van der Waals surface area contributed by atoms with Crippen LogP contribution in [0.15, 0.2) is 77.7 Å². The maximum atomic E-state index is 12.9. The van der Waals surface area contributed by atoms with Crippen molar-refractivity contribution in [2.75, 3.05) is 10.7 Å². The van der Waals surface area contributed by atoms with Crippen LogP contribution in [0.2, 0.25) is 5.02 Å². The third-order valence-corrected chi connectivity index (χ3v) is 6.32. The number of anilines is 1. The lowest BCUT2D eigenvalue weighted by atomic mass is 10.1. The highest BCUT2D eigenvalue weighted by Gasteiger charge is 2.26. The Morgan fingerprint density at radius 2 is 1.90 bits per heavy atom. The molecule has 3 aromatic carbocycles. The largest absolute Gasteiger partial charge is 0.346 e. The molecule has 0 aromatic heterocycles. The molecule has 0 saturated heterocycles. The molecule has 0 unspecified atom stereocenters. The van der Waals surface area contributed by atoms with E-state index in [1.807, 2.05) is 73.7 Å². The van der Waals surface area contributed by atoms with Crippen LogP contribution >= 0.6 is 23.4 Å². The van der Waals surface area contributed by atoms with Crippen LogP contribution in [0.5, 0.6) is 0 Å². The molecule has 1 aliphatic rings. The molecule has 1 aliphatic heterocycles. The first kappa shape index (κ1) is 20.5. The summed E-state index contributed by atoms with van der Waals surface area (Å²) in [7, 11) is 0. The summed E-state index contributed by atoms with van der Waals surface area (Å²) >= 11 is 7.60. The zero-order chi connectivity index (χ0) is 21.1. The summed E-state index contributed by atoms with van der Waals surface area (Å²) in [5, 5.41) is 3.67. The van der Waals surface area contributed by atoms with Gasteiger partial charge in [0, 0.05) is 15.5 Å². The van der Waals surface area contributed by atoms with Crippen molar-refractivity contribution in [2.45, 2.75) is 24.4 Å². The highest BCUT2D eigenvalue weighted by atomic mass is 35.5. The topological polar surface area (TPSA) is 49.4 Å². The van der Waals surface area contributed by atoms with Crippen LogP contribution in [-0.4, -0.2) is 17.6 Å². The molecule has 1 heterocycles. The average Bonchev–Trinajstić information content (AvgIpc) is 2.76. The number of benzene rings is 3. The van der Waals surface area contributed by atoms with Gasteiger partial charge in [-0.1, -0.05) is 54.1 Å². The zero-order valence-corrected chi connectivity index (χ0v) is 18.0. The van der Waals surface area contributed by atoms with Crippen molar-refractivity contribution in [3.63, 3.8) is 0 Å². The Labute approximate surface area is 185 Å². The van der Waals surface area contributed by atoms with Gasteiger partial charge >= 0.3 is 0 Å². The minimum Gasteiger partial charge on any atom is -0.346 e. The van der Waals surface area contributed by atoms with Crippen molar-refractivity contribution in [1.82, 2.24) is 5.32 Å². The number of hydrogen-bond donors (Lipinski definition) is 1. The van der Waals surface area contributed by atoms with Gasteiger partial charge in [-0.3, -0.25) is 9.59 Å². The summed E-state index contributed by atoms with van der Waals surface area (Å²) in [6.45, 7) is 2.37. The SMILES string of the molecule is C[C@H](NC(=O)c1ccc2c(c1)N(Cc1cccc(Cl)c1)C(=O)CS2)c1ccccc1. The maximum absolute atomic E-state index is 12.9. The number of carbonyl (C=O) groups is 2. The van der Waals surface area contributed by atoms with Crippen molar-refractivity contribution in [3.8, 4) is 0 Å². The van der Waals surface area contributed by atoms with Crippen LogP contribution in [0, 0.1) is 0 Å². The number of amides is 2. The molecule has 0 fully saturated rings. The van der Waals surface area contributed by atoms with Crippen LogP contribution in [0.3, 0.4) is 0 Å². The summed E-state index contributed by atoms with van der Waals surface area (Å²) in [4.78, 5) is 28.2. The van der Waals surface area contributed by atoms with E-state index in [-0.39, 0.29) is 17.9 Å². The number of nitrogens with zero attached hydrogens (tertiary/aromatic N) is 1. The standard InChI is InChI=1S/C24H21ClN2O2S/c1-16(18-7-3-2-4-8-18)26-24(29)19-10-11-22-21(13-19)27(23(28)15-30-22)14-17-6-5-9-20(25)12-17/h2-13,16H,14-15H2,1H3,(H,26,29)/t16-/m0/s1. The second kappa shape index (κ2) is 8.94. The molecule has 0 saturated carbocycles. The Bertz CT molecular complexity index is 1090. The number of halogens is 1. The van der Waals surface area contributed by atoms with Crippen molar-refractivity contribution < 1.29 is 9.59 Å². The van der Waals surface area contributed by atoms with E-state index in [0.29, 0.717) is 22.9 Å². The van der Waals surface area contributed by atoms with Gasteiger partial charge in [0.15, 0.2) is 0 Å². The smallest absolute Gasteiger partial charge is 0.251 e. The third-order valence-electron chi connectivity index (χ3n) is 5.04. The number of nitrogens with one attached hydrogen (secondary N) is 1. The molecule has 0 aliphatic carbocycles. The molecule has 1 N–H and O–H groups in total. The van der Waals surface area contributed by atoms with E-state index in [4.69, 9.17) is 11.6 Å². The highest BCUT2D eigenvalue weighted by Crippen LogP contribution is 2.37. The second-order valence-electron chi connectivity index (χ2n) is 7.19. The van der Waals surface area contributed by atoms with E-state index in [0.717, 1.165) is 21.7 Å². The predicted molar refractivity (Wildman–Crippen MR) is 122 cm³/mol. The van der Waals surface area contributed by atoms with Crippen LogP contribution in [0.4, 0.5) is 5.69 Å². The first-order valence-electron chi connectivity index (χ1n) is 9.69. The fourth-order valence-corrected chi connectivity index (χ4v) is 4.57. The molecule has 152 valence electrons. The van der Waals surface area contributed by atoms with Gasteiger partial charge in [0.25, 0.3) is 5.91 Å².